The molecule has 0 atom stereocenters. The molecule has 2 heterocycles. The summed E-state index contributed by atoms with van der Waals surface area (Å²) in [6, 6.07) is 11.4. The molecule has 1 N–H and O–H groups in total. The van der Waals surface area contributed by atoms with Crippen molar-refractivity contribution in [3.05, 3.63) is 62.2 Å². The third kappa shape index (κ3) is 4.08. The second kappa shape index (κ2) is 8.60. The van der Waals surface area contributed by atoms with Crippen molar-refractivity contribution in [2.24, 2.45) is 0 Å². The summed E-state index contributed by atoms with van der Waals surface area (Å²) in [4.78, 5) is 11.4. The van der Waals surface area contributed by atoms with E-state index in [-0.39, 0.29) is 0 Å². The zero-order valence-corrected chi connectivity index (χ0v) is 19.6. The van der Waals surface area contributed by atoms with E-state index in [1.807, 2.05) is 26.0 Å². The fourth-order valence-electron chi connectivity index (χ4n) is 3.29. The second-order valence-corrected chi connectivity index (χ2v) is 9.09. The van der Waals surface area contributed by atoms with Crippen LogP contribution in [0.2, 0.25) is 15.1 Å². The van der Waals surface area contributed by atoms with E-state index in [0.29, 0.717) is 39.0 Å². The van der Waals surface area contributed by atoms with Crippen molar-refractivity contribution >= 4 is 67.9 Å². The van der Waals surface area contributed by atoms with Crippen molar-refractivity contribution in [2.75, 3.05) is 11.9 Å². The van der Waals surface area contributed by atoms with Crippen LogP contribution in [-0.4, -0.2) is 16.6 Å². The summed E-state index contributed by atoms with van der Waals surface area (Å²) in [7, 11) is 0. The average molecular weight is 479 g/mol. The molecule has 0 saturated carbocycles. The van der Waals surface area contributed by atoms with Crippen LogP contribution in [0.4, 0.5) is 11.5 Å². The molecule has 8 heteroatoms. The first-order valence-corrected chi connectivity index (χ1v) is 11.2. The van der Waals surface area contributed by atoms with Crippen LogP contribution in [0.1, 0.15) is 17.6 Å². The molecule has 0 unspecified atom stereocenters. The summed E-state index contributed by atoms with van der Waals surface area (Å²) < 4.78 is 5.58. The van der Waals surface area contributed by atoms with Crippen LogP contribution >= 0.6 is 46.1 Å². The molecule has 0 amide bonds. The molecule has 0 fully saturated rings. The number of aromatic nitrogens is 2. The van der Waals surface area contributed by atoms with Crippen molar-refractivity contribution in [3.8, 4) is 16.9 Å². The number of thiophene rings is 1. The molecule has 0 spiro atoms. The Bertz CT molecular complexity index is 1240. The highest BCUT2D eigenvalue weighted by atomic mass is 35.5. The van der Waals surface area contributed by atoms with E-state index in [1.165, 1.54) is 0 Å². The lowest BCUT2D eigenvalue weighted by Gasteiger charge is -2.12. The minimum absolute atomic E-state index is 0.401. The topological polar surface area (TPSA) is 47.0 Å². The van der Waals surface area contributed by atoms with Gasteiger partial charge in [-0.2, -0.15) is 0 Å². The molecule has 0 bridgehead atoms. The van der Waals surface area contributed by atoms with E-state index in [2.05, 4.69) is 34.3 Å². The van der Waals surface area contributed by atoms with Gasteiger partial charge in [-0.1, -0.05) is 46.9 Å². The number of anilines is 2. The van der Waals surface area contributed by atoms with Crippen LogP contribution in [0.15, 0.2) is 36.4 Å². The Morgan fingerprint density at radius 1 is 0.967 bits per heavy atom. The zero-order valence-electron chi connectivity index (χ0n) is 16.5. The first-order valence-electron chi connectivity index (χ1n) is 9.30. The normalized spacial score (nSPS) is 11.1. The van der Waals surface area contributed by atoms with Gasteiger partial charge in [0.2, 0.25) is 0 Å². The average Bonchev–Trinajstić information content (AvgIpc) is 3.02. The predicted molar refractivity (Wildman–Crippen MR) is 128 cm³/mol. The molecule has 154 valence electrons. The van der Waals surface area contributed by atoms with Gasteiger partial charge in [-0.15, -0.1) is 11.3 Å². The Balaban J connectivity index is 1.87. The van der Waals surface area contributed by atoms with Crippen molar-refractivity contribution in [1.82, 2.24) is 9.97 Å². The Hall–Kier alpha value is -2.05. The lowest BCUT2D eigenvalue weighted by Crippen LogP contribution is -1.99. The third-order valence-electron chi connectivity index (χ3n) is 4.56. The van der Waals surface area contributed by atoms with E-state index >= 15 is 0 Å². The SMILES string of the molecule is CCOc1ccc(-c2c(C)sc3nc(C)nc(Nc4cc(Cl)c(Cl)cc4Cl)c23)cc1. The van der Waals surface area contributed by atoms with E-state index in [9.17, 15) is 0 Å². The van der Waals surface area contributed by atoms with Crippen molar-refractivity contribution < 1.29 is 4.74 Å². The molecule has 0 aliphatic heterocycles. The lowest BCUT2D eigenvalue weighted by molar-refractivity contribution is 0.340. The van der Waals surface area contributed by atoms with E-state index in [1.54, 1.807) is 23.5 Å². The predicted octanol–water partition coefficient (Wildman–Crippen LogP) is 8.08. The molecule has 4 aromatic rings. The van der Waals surface area contributed by atoms with E-state index < -0.39 is 0 Å². The highest BCUT2D eigenvalue weighted by Crippen LogP contribution is 2.43. The Morgan fingerprint density at radius 2 is 1.67 bits per heavy atom. The lowest BCUT2D eigenvalue weighted by atomic mass is 10.0. The summed E-state index contributed by atoms with van der Waals surface area (Å²) in [6.45, 7) is 6.55. The van der Waals surface area contributed by atoms with Gasteiger partial charge in [0.05, 0.1) is 32.7 Å². The fraction of sp³-hybridized carbons (Fsp3) is 0.182. The molecule has 0 radical (unpaired) electrons. The molecule has 2 aromatic heterocycles. The minimum atomic E-state index is 0.401. The van der Waals surface area contributed by atoms with Crippen LogP contribution in [0.5, 0.6) is 5.75 Å². The second-order valence-electron chi connectivity index (χ2n) is 6.66. The number of nitrogens with zero attached hydrogens (tertiary/aromatic N) is 2. The van der Waals surface area contributed by atoms with Gasteiger partial charge >= 0.3 is 0 Å². The first kappa shape index (κ1) is 21.2. The van der Waals surface area contributed by atoms with Gasteiger partial charge in [0.25, 0.3) is 0 Å². The van der Waals surface area contributed by atoms with E-state index in [0.717, 1.165) is 32.0 Å². The molecule has 0 saturated heterocycles. The largest absolute Gasteiger partial charge is 0.494 e. The number of fused-ring (bicyclic) bond motifs is 1. The van der Waals surface area contributed by atoms with Crippen LogP contribution in [-0.2, 0) is 0 Å². The van der Waals surface area contributed by atoms with Gasteiger partial charge in [0, 0.05) is 10.4 Å². The molecular weight excluding hydrogens is 461 g/mol. The fourth-order valence-corrected chi connectivity index (χ4v) is 4.97. The third-order valence-corrected chi connectivity index (χ3v) is 6.59. The maximum absolute atomic E-state index is 6.39. The minimum Gasteiger partial charge on any atom is -0.494 e. The monoisotopic (exact) mass is 477 g/mol. The van der Waals surface area contributed by atoms with Crippen molar-refractivity contribution in [2.45, 2.75) is 20.8 Å². The summed E-state index contributed by atoms with van der Waals surface area (Å²) in [5.41, 5.74) is 2.78. The van der Waals surface area contributed by atoms with Gasteiger partial charge in [-0.05, 0) is 50.6 Å². The highest BCUT2D eigenvalue weighted by molar-refractivity contribution is 7.19. The van der Waals surface area contributed by atoms with Crippen molar-refractivity contribution in [1.29, 1.82) is 0 Å². The molecule has 4 nitrogen and oxygen atoms in total. The molecule has 4 rings (SSSR count). The highest BCUT2D eigenvalue weighted by Gasteiger charge is 2.19. The molecule has 0 aliphatic rings. The van der Waals surface area contributed by atoms with Crippen LogP contribution < -0.4 is 10.1 Å². The quantitative estimate of drug-likeness (QED) is 0.294. The Kier molecular flexibility index (Phi) is 6.07. The number of hydrogen-bond acceptors (Lipinski definition) is 5. The molecular formula is C22H18Cl3N3OS. The number of halogens is 3. The van der Waals surface area contributed by atoms with Gasteiger partial charge in [0.15, 0.2) is 0 Å². The molecule has 2 aromatic carbocycles. The van der Waals surface area contributed by atoms with Crippen LogP contribution in [0.3, 0.4) is 0 Å². The smallest absolute Gasteiger partial charge is 0.143 e. The Labute approximate surface area is 193 Å². The number of rotatable bonds is 5. The van der Waals surface area contributed by atoms with Crippen LogP contribution in [0.25, 0.3) is 21.3 Å². The molecule has 0 aliphatic carbocycles. The Morgan fingerprint density at radius 3 is 2.37 bits per heavy atom. The summed E-state index contributed by atoms with van der Waals surface area (Å²) >= 11 is 20.3. The maximum Gasteiger partial charge on any atom is 0.143 e. The number of ether oxygens (including phenoxy) is 1. The maximum atomic E-state index is 6.39. The summed E-state index contributed by atoms with van der Waals surface area (Å²) in [5, 5.41) is 5.55. The number of hydrogen-bond donors (Lipinski definition) is 1. The zero-order chi connectivity index (χ0) is 21.4. The summed E-state index contributed by atoms with van der Waals surface area (Å²) in [5.74, 6) is 2.18. The van der Waals surface area contributed by atoms with Crippen molar-refractivity contribution in [3.63, 3.8) is 0 Å². The van der Waals surface area contributed by atoms with Gasteiger partial charge in [0.1, 0.15) is 22.2 Å². The first-order chi connectivity index (χ1) is 14.4. The number of aryl methyl sites for hydroxylation is 2. The standard InChI is InChI=1S/C22H18Cl3N3OS/c1-4-29-14-7-5-13(6-8-14)19-11(2)30-22-20(19)21(26-12(3)27-22)28-18-10-16(24)15(23)9-17(18)25/h5-10H,4H2,1-3H3,(H,26,27,28). The number of benzene rings is 2. The van der Waals surface area contributed by atoms with Gasteiger partial charge in [-0.3, -0.25) is 0 Å². The van der Waals surface area contributed by atoms with E-state index in [4.69, 9.17) is 39.5 Å². The summed E-state index contributed by atoms with van der Waals surface area (Å²) in [6.07, 6.45) is 0. The van der Waals surface area contributed by atoms with Gasteiger partial charge < -0.3 is 10.1 Å². The molecule has 30 heavy (non-hydrogen) atoms. The van der Waals surface area contributed by atoms with Crippen LogP contribution in [0, 0.1) is 13.8 Å². The number of nitrogens with one attached hydrogen (secondary N) is 1. The van der Waals surface area contributed by atoms with Gasteiger partial charge in [-0.25, -0.2) is 9.97 Å².